The van der Waals surface area contributed by atoms with Gasteiger partial charge in [-0.25, -0.2) is 43.3 Å². The Kier molecular flexibility index (Phi) is 10.4. The second-order valence-corrected chi connectivity index (χ2v) is 17.0. The van der Waals surface area contributed by atoms with E-state index >= 15 is 0 Å². The highest BCUT2D eigenvalue weighted by atomic mass is 32.1. The van der Waals surface area contributed by atoms with E-state index in [1.165, 1.54) is 36.1 Å². The smallest absolute Gasteiger partial charge is 0.306 e. The lowest BCUT2D eigenvalue weighted by Crippen LogP contribution is -2.27. The summed E-state index contributed by atoms with van der Waals surface area (Å²) in [6.07, 6.45) is 13.8. The number of amides is 1. The lowest BCUT2D eigenvalue weighted by atomic mass is 9.87. The molecule has 11 rings (SSSR count). The highest BCUT2D eigenvalue weighted by molar-refractivity contribution is 7.19. The van der Waals surface area contributed by atoms with E-state index in [1.807, 2.05) is 6.07 Å². The maximum atomic E-state index is 13.2. The lowest BCUT2D eigenvalue weighted by molar-refractivity contribution is -0.142. The number of nitrogens with zero attached hydrogens (tertiary/aromatic N) is 10. The molecule has 318 valence electrons. The summed E-state index contributed by atoms with van der Waals surface area (Å²) in [5, 5.41) is 29.1. The van der Waals surface area contributed by atoms with Crippen LogP contribution in [-0.4, -0.2) is 80.3 Å². The van der Waals surface area contributed by atoms with Crippen molar-refractivity contribution in [2.45, 2.75) is 38.5 Å². The number of anilines is 5. The van der Waals surface area contributed by atoms with Crippen LogP contribution in [0.15, 0.2) is 73.8 Å². The number of carbonyl (C=O) groups excluding carboxylic acids is 1. The average molecular weight is 886 g/mol. The fraction of sp³-hybridized carbons (Fsp3) is 0.238. The third kappa shape index (κ3) is 7.64. The van der Waals surface area contributed by atoms with Gasteiger partial charge in [-0.3, -0.25) is 9.59 Å². The molecule has 0 fully saturated rings. The van der Waals surface area contributed by atoms with Crippen molar-refractivity contribution in [2.24, 2.45) is 11.8 Å². The van der Waals surface area contributed by atoms with E-state index in [0.717, 1.165) is 47.7 Å². The van der Waals surface area contributed by atoms with E-state index < -0.39 is 5.97 Å². The van der Waals surface area contributed by atoms with Gasteiger partial charge in [0, 0.05) is 33.5 Å². The number of aromatic nitrogens is 10. The van der Waals surface area contributed by atoms with Crippen LogP contribution in [0, 0.1) is 17.7 Å². The number of nitrogens with one attached hydrogen (secondary N) is 3. The first-order chi connectivity index (χ1) is 30.7. The van der Waals surface area contributed by atoms with Gasteiger partial charge >= 0.3 is 5.97 Å². The van der Waals surface area contributed by atoms with Crippen LogP contribution in [0.4, 0.5) is 33.3 Å². The molecule has 2 aliphatic carbocycles. The first kappa shape index (κ1) is 39.7. The third-order valence-corrected chi connectivity index (χ3v) is 13.5. The van der Waals surface area contributed by atoms with Crippen LogP contribution in [0.2, 0.25) is 0 Å². The molecule has 4 N–H and O–H groups in total. The molecule has 1 amide bonds. The summed E-state index contributed by atoms with van der Waals surface area (Å²) < 4.78 is 27.4. The van der Waals surface area contributed by atoms with Gasteiger partial charge in [0.2, 0.25) is 5.91 Å². The van der Waals surface area contributed by atoms with Crippen LogP contribution in [-0.2, 0) is 35.3 Å². The van der Waals surface area contributed by atoms with E-state index in [-0.39, 0.29) is 23.6 Å². The summed E-state index contributed by atoms with van der Waals surface area (Å²) in [7, 11) is 3.16. The number of ether oxygens (including phenoxy) is 2. The van der Waals surface area contributed by atoms with Crippen molar-refractivity contribution >= 4 is 95.2 Å². The maximum absolute atomic E-state index is 13.2. The molecule has 0 saturated carbocycles. The number of carboxylic acid groups (broad SMARTS) is 1. The molecule has 0 spiro atoms. The van der Waals surface area contributed by atoms with Crippen molar-refractivity contribution in [1.29, 1.82) is 0 Å². The second kappa shape index (κ2) is 16.5. The summed E-state index contributed by atoms with van der Waals surface area (Å²) in [4.78, 5) is 55.1. The Morgan fingerprint density at radius 1 is 0.714 bits per heavy atom. The summed E-state index contributed by atoms with van der Waals surface area (Å²) in [5.74, 6) is 1.80. The molecule has 2 aliphatic rings. The van der Waals surface area contributed by atoms with Gasteiger partial charge in [0.15, 0.2) is 34.4 Å². The summed E-state index contributed by atoms with van der Waals surface area (Å²) >= 11 is 3.12. The predicted molar refractivity (Wildman–Crippen MR) is 234 cm³/mol. The molecule has 0 saturated heterocycles. The van der Waals surface area contributed by atoms with Crippen molar-refractivity contribution < 1.29 is 28.6 Å². The molecular formula is C42H36FN13O5S2. The fourth-order valence-corrected chi connectivity index (χ4v) is 10.5. The van der Waals surface area contributed by atoms with Crippen LogP contribution < -0.4 is 25.4 Å². The number of carboxylic acids is 1. The summed E-state index contributed by atoms with van der Waals surface area (Å²) in [6, 6.07) is 9.42. The standard InChI is InChI=1S/C24H20FN7O2S.C18H16N6O3S/c1-34-17-11-32-19(8-9-28-32)30-21(17)31-22-20-16-7-2-13(10-18(16)35-24(20)27-12-26-22)23(33)29-15-5-3-14(25)4-6-15;1-27-11-7-24-13(4-5-21-24)22-15(11)23-16-14-10-3-2-9(18(25)26)6-12(10)28-17(14)20-8-19-16/h3-6,8-9,11-13H,2,7,10H2,1H3,(H,29,33)(H,26,27,30,31);4-5,7-9H,2-3,6H2,1H3,(H,25,26)(H,19,20,22,23)/t13-;9-/m00/s1. The van der Waals surface area contributed by atoms with Gasteiger partial charge in [0.05, 0.1) is 55.7 Å². The Balaban J connectivity index is 0.000000153. The molecule has 0 aliphatic heterocycles. The van der Waals surface area contributed by atoms with Gasteiger partial charge in [0.1, 0.15) is 39.8 Å². The van der Waals surface area contributed by atoms with Gasteiger partial charge in [-0.1, -0.05) is 0 Å². The van der Waals surface area contributed by atoms with Crippen molar-refractivity contribution in [3.05, 3.63) is 101 Å². The van der Waals surface area contributed by atoms with E-state index in [4.69, 9.17) is 9.47 Å². The number of halogens is 1. The number of methoxy groups -OCH3 is 2. The minimum absolute atomic E-state index is 0.0628. The minimum atomic E-state index is -0.740. The molecule has 0 unspecified atom stereocenters. The van der Waals surface area contributed by atoms with E-state index in [2.05, 4.69) is 56.1 Å². The number of hydrogen-bond acceptors (Lipinski definition) is 16. The lowest BCUT2D eigenvalue weighted by Gasteiger charge is -2.22. The molecule has 8 heterocycles. The SMILES string of the molecule is COc1cn2nccc2nc1Nc1ncnc2sc3c(c12)CC[C@H](C(=O)Nc1ccc(F)cc1)C3.COc1cn2nccc2nc1Nc1ncnc2sc3c(c12)CC[C@H](C(=O)O)C3. The van der Waals surface area contributed by atoms with Crippen molar-refractivity contribution in [2.75, 3.05) is 30.2 Å². The number of fused-ring (bicyclic) bond motifs is 8. The van der Waals surface area contributed by atoms with Gasteiger partial charge in [-0.15, -0.1) is 22.7 Å². The molecule has 1 aromatic carbocycles. The largest absolute Gasteiger partial charge is 0.491 e. The summed E-state index contributed by atoms with van der Waals surface area (Å²) in [6.45, 7) is 0. The van der Waals surface area contributed by atoms with Gasteiger partial charge < -0.3 is 30.5 Å². The zero-order valence-corrected chi connectivity index (χ0v) is 35.2. The number of hydrogen-bond donors (Lipinski definition) is 4. The van der Waals surface area contributed by atoms with Gasteiger partial charge in [0.25, 0.3) is 0 Å². The molecule has 0 bridgehead atoms. The first-order valence-corrected chi connectivity index (χ1v) is 21.5. The molecule has 9 aromatic rings. The van der Waals surface area contributed by atoms with E-state index in [0.29, 0.717) is 83.9 Å². The molecule has 63 heavy (non-hydrogen) atoms. The zero-order chi connectivity index (χ0) is 43.2. The maximum Gasteiger partial charge on any atom is 0.306 e. The van der Waals surface area contributed by atoms with E-state index in [1.54, 1.807) is 77.6 Å². The Morgan fingerprint density at radius 3 is 1.73 bits per heavy atom. The number of carbonyl (C=O) groups is 2. The molecule has 18 nitrogen and oxygen atoms in total. The zero-order valence-electron chi connectivity index (χ0n) is 33.6. The van der Waals surface area contributed by atoms with Crippen LogP contribution in [0.1, 0.15) is 33.7 Å². The quantitative estimate of drug-likeness (QED) is 0.114. The van der Waals surface area contributed by atoms with Crippen LogP contribution in [0.25, 0.3) is 31.7 Å². The van der Waals surface area contributed by atoms with Crippen molar-refractivity contribution in [3.8, 4) is 11.5 Å². The first-order valence-electron chi connectivity index (χ1n) is 19.8. The Labute approximate surface area is 364 Å². The number of thiophene rings is 2. The minimum Gasteiger partial charge on any atom is -0.491 e. The predicted octanol–water partition coefficient (Wildman–Crippen LogP) is 7.04. The Hall–Kier alpha value is -7.39. The molecule has 0 radical (unpaired) electrons. The number of aliphatic carboxylic acids is 1. The highest BCUT2D eigenvalue weighted by Crippen LogP contribution is 2.43. The third-order valence-electron chi connectivity index (χ3n) is 11.1. The van der Waals surface area contributed by atoms with Crippen LogP contribution in [0.3, 0.4) is 0 Å². The topological polar surface area (TPSA) is 221 Å². The van der Waals surface area contributed by atoms with Crippen molar-refractivity contribution in [3.63, 3.8) is 0 Å². The second-order valence-electron chi connectivity index (χ2n) is 14.9. The average Bonchev–Trinajstić information content (AvgIpc) is 4.11. The highest BCUT2D eigenvalue weighted by Gasteiger charge is 2.31. The fourth-order valence-electron chi connectivity index (χ4n) is 8.00. The van der Waals surface area contributed by atoms with Crippen molar-refractivity contribution in [1.82, 2.24) is 49.1 Å². The van der Waals surface area contributed by atoms with Gasteiger partial charge in [-0.05, 0) is 73.9 Å². The molecule has 2 atom stereocenters. The monoisotopic (exact) mass is 885 g/mol. The number of benzene rings is 1. The Morgan fingerprint density at radius 2 is 1.22 bits per heavy atom. The number of aryl methyl sites for hydroxylation is 2. The Bertz CT molecular complexity index is 3200. The summed E-state index contributed by atoms with van der Waals surface area (Å²) in [5.41, 5.74) is 4.24. The molecule has 8 aromatic heterocycles. The number of rotatable bonds is 9. The van der Waals surface area contributed by atoms with E-state index in [9.17, 15) is 19.1 Å². The van der Waals surface area contributed by atoms with Crippen LogP contribution >= 0.6 is 22.7 Å². The van der Waals surface area contributed by atoms with Gasteiger partial charge in [-0.2, -0.15) is 10.2 Å². The van der Waals surface area contributed by atoms with Crippen LogP contribution in [0.5, 0.6) is 11.5 Å². The molecular weight excluding hydrogens is 850 g/mol. The normalized spacial score (nSPS) is 15.7. The molecule has 21 heteroatoms.